The minimum absolute atomic E-state index is 0.0406. The second-order valence-corrected chi connectivity index (χ2v) is 5.73. The minimum Gasteiger partial charge on any atom is -0.484 e. The molecule has 0 atom stereocenters. The Labute approximate surface area is 130 Å². The van der Waals surface area contributed by atoms with Gasteiger partial charge in [-0.15, -0.1) is 0 Å². The van der Waals surface area contributed by atoms with Crippen molar-refractivity contribution in [3.05, 3.63) is 29.3 Å². The Balaban J connectivity index is 1.54. The number of hydrogen-bond acceptors (Lipinski definition) is 3. The SMILES string of the molecule is O=C(COc1ccc(Cl)cc1)NCCCC1CCOCC1. The summed E-state index contributed by atoms with van der Waals surface area (Å²) in [5.41, 5.74) is 0. The quantitative estimate of drug-likeness (QED) is 0.787. The molecule has 5 heteroatoms. The molecule has 1 aromatic rings. The summed E-state index contributed by atoms with van der Waals surface area (Å²) in [5, 5.41) is 3.54. The van der Waals surface area contributed by atoms with Crippen LogP contribution in [0.2, 0.25) is 5.02 Å². The molecule has 0 aromatic heterocycles. The molecule has 1 aromatic carbocycles. The molecule has 2 rings (SSSR count). The number of ether oxygens (including phenoxy) is 2. The summed E-state index contributed by atoms with van der Waals surface area (Å²) >= 11 is 5.78. The zero-order chi connectivity index (χ0) is 14.9. The number of amides is 1. The van der Waals surface area contributed by atoms with Gasteiger partial charge in [0, 0.05) is 24.8 Å². The highest BCUT2D eigenvalue weighted by Crippen LogP contribution is 2.19. The Hall–Kier alpha value is -1.26. The van der Waals surface area contributed by atoms with Gasteiger partial charge in [0.1, 0.15) is 5.75 Å². The minimum atomic E-state index is -0.0862. The maximum Gasteiger partial charge on any atom is 0.257 e. The van der Waals surface area contributed by atoms with E-state index in [9.17, 15) is 4.79 Å². The van der Waals surface area contributed by atoms with Gasteiger partial charge in [-0.2, -0.15) is 0 Å². The second-order valence-electron chi connectivity index (χ2n) is 5.29. The zero-order valence-corrected chi connectivity index (χ0v) is 12.9. The number of rotatable bonds is 7. The van der Waals surface area contributed by atoms with E-state index in [1.165, 1.54) is 0 Å². The standard InChI is InChI=1S/C16H22ClNO3/c17-14-3-5-15(6-4-14)21-12-16(19)18-9-1-2-13-7-10-20-11-8-13/h3-6,13H,1-2,7-12H2,(H,18,19). The molecule has 4 nitrogen and oxygen atoms in total. The molecule has 0 aliphatic carbocycles. The largest absolute Gasteiger partial charge is 0.484 e. The smallest absolute Gasteiger partial charge is 0.257 e. The van der Waals surface area contributed by atoms with Gasteiger partial charge in [0.2, 0.25) is 0 Å². The number of carbonyl (C=O) groups excluding carboxylic acids is 1. The number of carbonyl (C=O) groups is 1. The summed E-state index contributed by atoms with van der Waals surface area (Å²) in [6, 6.07) is 6.98. The van der Waals surface area contributed by atoms with Crippen LogP contribution in [0.25, 0.3) is 0 Å². The summed E-state index contributed by atoms with van der Waals surface area (Å²) in [4.78, 5) is 11.7. The third kappa shape index (κ3) is 6.36. The predicted octanol–water partition coefficient (Wildman–Crippen LogP) is 3.04. The number of halogens is 1. The Morgan fingerprint density at radius 2 is 2.00 bits per heavy atom. The van der Waals surface area contributed by atoms with Crippen LogP contribution in [0.5, 0.6) is 5.75 Å². The monoisotopic (exact) mass is 311 g/mol. The van der Waals surface area contributed by atoms with Crippen LogP contribution in [-0.4, -0.2) is 32.3 Å². The van der Waals surface area contributed by atoms with Gasteiger partial charge in [-0.3, -0.25) is 4.79 Å². The van der Waals surface area contributed by atoms with Crippen molar-refractivity contribution in [1.82, 2.24) is 5.32 Å². The van der Waals surface area contributed by atoms with Crippen LogP contribution in [0.3, 0.4) is 0 Å². The third-order valence-corrected chi connectivity index (χ3v) is 3.89. The summed E-state index contributed by atoms with van der Waals surface area (Å²) in [6.07, 6.45) is 4.46. The van der Waals surface area contributed by atoms with Crippen LogP contribution in [0.15, 0.2) is 24.3 Å². The van der Waals surface area contributed by atoms with Crippen molar-refractivity contribution in [3.63, 3.8) is 0 Å². The lowest BCUT2D eigenvalue weighted by Crippen LogP contribution is -2.30. The average Bonchev–Trinajstić information content (AvgIpc) is 2.52. The van der Waals surface area contributed by atoms with E-state index in [1.54, 1.807) is 24.3 Å². The van der Waals surface area contributed by atoms with Gasteiger partial charge in [0.15, 0.2) is 6.61 Å². The molecule has 0 bridgehead atoms. The van der Waals surface area contributed by atoms with E-state index in [4.69, 9.17) is 21.1 Å². The molecule has 1 aliphatic rings. The lowest BCUT2D eigenvalue weighted by Gasteiger charge is -2.21. The molecule has 1 saturated heterocycles. The Bertz CT molecular complexity index is 430. The molecule has 1 fully saturated rings. The van der Waals surface area contributed by atoms with Gasteiger partial charge < -0.3 is 14.8 Å². The van der Waals surface area contributed by atoms with Crippen molar-refractivity contribution in [2.75, 3.05) is 26.4 Å². The van der Waals surface area contributed by atoms with Crippen LogP contribution < -0.4 is 10.1 Å². The summed E-state index contributed by atoms with van der Waals surface area (Å²) in [5.74, 6) is 1.31. The predicted molar refractivity (Wildman–Crippen MR) is 82.7 cm³/mol. The van der Waals surface area contributed by atoms with E-state index in [0.29, 0.717) is 17.3 Å². The average molecular weight is 312 g/mol. The summed E-state index contributed by atoms with van der Waals surface area (Å²) < 4.78 is 10.7. The molecular formula is C16H22ClNO3. The van der Waals surface area contributed by atoms with Crippen molar-refractivity contribution in [3.8, 4) is 5.75 Å². The first kappa shape index (κ1) is 16.1. The first-order valence-electron chi connectivity index (χ1n) is 7.47. The van der Waals surface area contributed by atoms with Gasteiger partial charge in [-0.1, -0.05) is 11.6 Å². The molecule has 0 unspecified atom stereocenters. The number of nitrogens with one attached hydrogen (secondary N) is 1. The normalized spacial score (nSPS) is 15.7. The van der Waals surface area contributed by atoms with Crippen LogP contribution >= 0.6 is 11.6 Å². The van der Waals surface area contributed by atoms with E-state index in [1.807, 2.05) is 0 Å². The molecule has 21 heavy (non-hydrogen) atoms. The molecule has 1 amide bonds. The lowest BCUT2D eigenvalue weighted by molar-refractivity contribution is -0.123. The Morgan fingerprint density at radius 1 is 1.29 bits per heavy atom. The van der Waals surface area contributed by atoms with Crippen LogP contribution in [-0.2, 0) is 9.53 Å². The highest BCUT2D eigenvalue weighted by atomic mass is 35.5. The molecule has 1 aliphatic heterocycles. The van der Waals surface area contributed by atoms with Crippen molar-refractivity contribution in [2.24, 2.45) is 5.92 Å². The Kier molecular flexibility index (Phi) is 6.83. The number of hydrogen-bond donors (Lipinski definition) is 1. The van der Waals surface area contributed by atoms with Gasteiger partial charge in [0.25, 0.3) is 5.91 Å². The maximum absolute atomic E-state index is 11.7. The van der Waals surface area contributed by atoms with Gasteiger partial charge in [0.05, 0.1) is 0 Å². The topological polar surface area (TPSA) is 47.6 Å². The first-order valence-corrected chi connectivity index (χ1v) is 7.84. The highest BCUT2D eigenvalue weighted by molar-refractivity contribution is 6.30. The van der Waals surface area contributed by atoms with Crippen molar-refractivity contribution in [1.29, 1.82) is 0 Å². The maximum atomic E-state index is 11.7. The van der Waals surface area contributed by atoms with Crippen LogP contribution in [0.4, 0.5) is 0 Å². The summed E-state index contributed by atoms with van der Waals surface area (Å²) in [6.45, 7) is 2.51. The molecule has 0 spiro atoms. The van der Waals surface area contributed by atoms with E-state index >= 15 is 0 Å². The molecule has 1 heterocycles. The third-order valence-electron chi connectivity index (χ3n) is 3.64. The van der Waals surface area contributed by atoms with Gasteiger partial charge in [-0.25, -0.2) is 0 Å². The van der Waals surface area contributed by atoms with Crippen LogP contribution in [0, 0.1) is 5.92 Å². The molecular weight excluding hydrogens is 290 g/mol. The Morgan fingerprint density at radius 3 is 2.71 bits per heavy atom. The van der Waals surface area contributed by atoms with E-state index in [0.717, 1.165) is 44.8 Å². The molecule has 0 saturated carbocycles. The van der Waals surface area contributed by atoms with Crippen molar-refractivity contribution >= 4 is 17.5 Å². The molecule has 0 radical (unpaired) electrons. The zero-order valence-electron chi connectivity index (χ0n) is 12.1. The first-order chi connectivity index (χ1) is 10.2. The number of benzene rings is 1. The molecule has 116 valence electrons. The van der Waals surface area contributed by atoms with Gasteiger partial charge >= 0.3 is 0 Å². The summed E-state index contributed by atoms with van der Waals surface area (Å²) in [7, 11) is 0. The van der Waals surface area contributed by atoms with Gasteiger partial charge in [-0.05, 0) is 55.9 Å². The highest BCUT2D eigenvalue weighted by Gasteiger charge is 2.13. The van der Waals surface area contributed by atoms with Crippen molar-refractivity contribution < 1.29 is 14.3 Å². The second kappa shape index (κ2) is 8.90. The van der Waals surface area contributed by atoms with E-state index in [2.05, 4.69) is 5.32 Å². The lowest BCUT2D eigenvalue weighted by atomic mass is 9.95. The molecule has 1 N–H and O–H groups in total. The fourth-order valence-corrected chi connectivity index (χ4v) is 2.51. The van der Waals surface area contributed by atoms with Crippen molar-refractivity contribution in [2.45, 2.75) is 25.7 Å². The van der Waals surface area contributed by atoms with E-state index < -0.39 is 0 Å². The van der Waals surface area contributed by atoms with Crippen LogP contribution in [0.1, 0.15) is 25.7 Å². The van der Waals surface area contributed by atoms with E-state index in [-0.39, 0.29) is 12.5 Å². The fraction of sp³-hybridized carbons (Fsp3) is 0.562. The fourth-order valence-electron chi connectivity index (χ4n) is 2.38.